The van der Waals surface area contributed by atoms with Gasteiger partial charge in [-0.3, -0.25) is 9.59 Å². The maximum atomic E-state index is 14.7. The zero-order valence-corrected chi connectivity index (χ0v) is 18.6. The molecule has 2 aliphatic rings. The van der Waals surface area contributed by atoms with E-state index in [4.69, 9.17) is 4.74 Å². The van der Waals surface area contributed by atoms with Gasteiger partial charge in [0.25, 0.3) is 0 Å². The van der Waals surface area contributed by atoms with Crippen molar-refractivity contribution in [3.8, 4) is 16.9 Å². The normalized spacial score (nSPS) is 21.1. The Morgan fingerprint density at radius 3 is 2.39 bits per heavy atom. The van der Waals surface area contributed by atoms with Crippen molar-refractivity contribution in [1.82, 2.24) is 0 Å². The summed E-state index contributed by atoms with van der Waals surface area (Å²) in [6.45, 7) is 0.250. The molecule has 0 spiro atoms. The average Bonchev–Trinajstić information content (AvgIpc) is 3.33. The molecule has 0 heterocycles. The van der Waals surface area contributed by atoms with Gasteiger partial charge in [-0.05, 0) is 55.0 Å². The van der Waals surface area contributed by atoms with E-state index >= 15 is 0 Å². The molecular weight excluding hydrogens is 425 g/mol. The van der Waals surface area contributed by atoms with Crippen LogP contribution in [0.15, 0.2) is 36.4 Å². The SMILES string of the molecule is O=C(O)C1CCCC[C@@H]1C(=O)Nc1ccc(-c2cccc(O)c2F)c(COC2CCCC2)c1. The van der Waals surface area contributed by atoms with Gasteiger partial charge in [0, 0.05) is 11.3 Å². The van der Waals surface area contributed by atoms with Gasteiger partial charge in [-0.1, -0.05) is 43.9 Å². The first-order valence-electron chi connectivity index (χ1n) is 11.7. The summed E-state index contributed by atoms with van der Waals surface area (Å²) in [7, 11) is 0. The number of benzene rings is 2. The molecule has 2 aliphatic carbocycles. The number of halogens is 1. The van der Waals surface area contributed by atoms with Crippen molar-refractivity contribution in [3.05, 3.63) is 47.8 Å². The van der Waals surface area contributed by atoms with E-state index in [2.05, 4.69) is 5.32 Å². The monoisotopic (exact) mass is 455 g/mol. The molecule has 2 aromatic carbocycles. The molecule has 2 fully saturated rings. The number of hydrogen-bond acceptors (Lipinski definition) is 4. The second-order valence-electron chi connectivity index (χ2n) is 9.05. The molecule has 2 atom stereocenters. The van der Waals surface area contributed by atoms with Crippen LogP contribution in [0.25, 0.3) is 11.1 Å². The number of rotatable bonds is 7. The largest absolute Gasteiger partial charge is 0.505 e. The maximum absolute atomic E-state index is 14.7. The number of hydrogen-bond donors (Lipinski definition) is 3. The third kappa shape index (κ3) is 5.36. The number of carbonyl (C=O) groups excluding carboxylic acids is 1. The van der Waals surface area contributed by atoms with Gasteiger partial charge in [0.2, 0.25) is 5.91 Å². The molecule has 6 nitrogen and oxygen atoms in total. The first-order chi connectivity index (χ1) is 15.9. The van der Waals surface area contributed by atoms with Gasteiger partial charge in [0.1, 0.15) is 0 Å². The van der Waals surface area contributed by atoms with E-state index in [1.54, 1.807) is 30.3 Å². The minimum Gasteiger partial charge on any atom is -0.505 e. The van der Waals surface area contributed by atoms with Crippen LogP contribution in [0.1, 0.15) is 56.9 Å². The van der Waals surface area contributed by atoms with Crippen molar-refractivity contribution in [2.75, 3.05) is 5.32 Å². The minimum absolute atomic E-state index is 0.156. The van der Waals surface area contributed by atoms with Gasteiger partial charge in [0.05, 0.1) is 24.5 Å². The minimum atomic E-state index is -0.935. The fourth-order valence-electron chi connectivity index (χ4n) is 5.02. The number of aliphatic carboxylic acids is 1. The molecule has 1 unspecified atom stereocenters. The van der Waals surface area contributed by atoms with E-state index in [1.807, 2.05) is 0 Å². The van der Waals surface area contributed by atoms with Crippen LogP contribution >= 0.6 is 0 Å². The standard InChI is InChI=1S/C26H30FNO5/c27-24-20(10-5-11-23(24)29)19-13-12-17(14-16(19)15-33-18-6-1-2-7-18)28-25(30)21-8-3-4-9-22(21)26(31)32/h5,10-14,18,21-22,29H,1-4,6-9,15H2,(H,28,30)(H,31,32)/t21-,22?/m0/s1. The van der Waals surface area contributed by atoms with Gasteiger partial charge in [-0.25, -0.2) is 4.39 Å². The summed E-state index contributed by atoms with van der Waals surface area (Å²) in [4.78, 5) is 24.5. The number of carbonyl (C=O) groups is 2. The summed E-state index contributed by atoms with van der Waals surface area (Å²) in [6.07, 6.45) is 7.09. The number of nitrogens with one attached hydrogen (secondary N) is 1. The van der Waals surface area contributed by atoms with Gasteiger partial charge in [-0.15, -0.1) is 0 Å². The molecule has 176 valence electrons. The molecule has 0 aromatic heterocycles. The molecule has 4 rings (SSSR count). The number of ether oxygens (including phenoxy) is 1. The number of phenolic OH excluding ortho intramolecular Hbond substituents is 1. The van der Waals surface area contributed by atoms with Crippen molar-refractivity contribution in [2.45, 2.75) is 64.1 Å². The molecule has 0 saturated heterocycles. The summed E-state index contributed by atoms with van der Waals surface area (Å²) < 4.78 is 20.7. The van der Waals surface area contributed by atoms with Gasteiger partial charge < -0.3 is 20.3 Å². The van der Waals surface area contributed by atoms with Crippen LogP contribution in [0.3, 0.4) is 0 Å². The zero-order chi connectivity index (χ0) is 23.4. The lowest BCUT2D eigenvalue weighted by molar-refractivity contribution is -0.147. The summed E-state index contributed by atoms with van der Waals surface area (Å²) in [5, 5.41) is 22.2. The fourth-order valence-corrected chi connectivity index (χ4v) is 5.02. The molecular formula is C26H30FNO5. The van der Waals surface area contributed by atoms with Gasteiger partial charge in [-0.2, -0.15) is 0 Å². The number of anilines is 1. The Kier molecular flexibility index (Phi) is 7.28. The van der Waals surface area contributed by atoms with Crippen LogP contribution in [0, 0.1) is 17.7 Å². The second kappa shape index (κ2) is 10.3. The molecule has 2 aromatic rings. The lowest BCUT2D eigenvalue weighted by atomic mass is 9.78. The third-order valence-electron chi connectivity index (χ3n) is 6.84. The Hall–Kier alpha value is -2.93. The van der Waals surface area contributed by atoms with Crippen LogP contribution < -0.4 is 5.32 Å². The van der Waals surface area contributed by atoms with E-state index in [9.17, 15) is 24.2 Å². The number of aromatic hydroxyl groups is 1. The van der Waals surface area contributed by atoms with Crippen LogP contribution in [-0.2, 0) is 20.9 Å². The average molecular weight is 456 g/mol. The van der Waals surface area contributed by atoms with Gasteiger partial charge in [0.15, 0.2) is 11.6 Å². The summed E-state index contributed by atoms with van der Waals surface area (Å²) in [5.41, 5.74) is 2.06. The number of carboxylic acid groups (broad SMARTS) is 1. The Morgan fingerprint density at radius 2 is 1.67 bits per heavy atom. The van der Waals surface area contributed by atoms with Crippen LogP contribution in [-0.4, -0.2) is 28.2 Å². The Labute approximate surface area is 192 Å². The predicted octanol–water partition coefficient (Wildman–Crippen LogP) is 5.49. The van der Waals surface area contributed by atoms with Crippen molar-refractivity contribution in [3.63, 3.8) is 0 Å². The predicted molar refractivity (Wildman–Crippen MR) is 122 cm³/mol. The third-order valence-corrected chi connectivity index (χ3v) is 6.84. The van der Waals surface area contributed by atoms with E-state index in [0.29, 0.717) is 29.7 Å². The molecule has 7 heteroatoms. The van der Waals surface area contributed by atoms with E-state index in [-0.39, 0.29) is 24.2 Å². The van der Waals surface area contributed by atoms with Gasteiger partial charge >= 0.3 is 5.97 Å². The molecule has 3 N–H and O–H groups in total. The highest BCUT2D eigenvalue weighted by Crippen LogP contribution is 2.35. The lowest BCUT2D eigenvalue weighted by Crippen LogP contribution is -2.36. The first kappa shape index (κ1) is 23.2. The molecule has 2 saturated carbocycles. The maximum Gasteiger partial charge on any atom is 0.307 e. The Balaban J connectivity index is 1.59. The highest BCUT2D eigenvalue weighted by atomic mass is 19.1. The number of carboxylic acids is 1. The van der Waals surface area contributed by atoms with Crippen LogP contribution in [0.4, 0.5) is 10.1 Å². The van der Waals surface area contributed by atoms with Crippen molar-refractivity contribution >= 4 is 17.6 Å². The van der Waals surface area contributed by atoms with E-state index < -0.39 is 29.4 Å². The Bertz CT molecular complexity index is 1020. The molecule has 0 radical (unpaired) electrons. The molecule has 33 heavy (non-hydrogen) atoms. The second-order valence-corrected chi connectivity index (χ2v) is 9.05. The Morgan fingerprint density at radius 1 is 0.970 bits per heavy atom. The number of phenols is 1. The summed E-state index contributed by atoms with van der Waals surface area (Å²) in [6, 6.07) is 9.61. The lowest BCUT2D eigenvalue weighted by Gasteiger charge is -2.27. The molecule has 1 amide bonds. The quantitative estimate of drug-likeness (QED) is 0.513. The van der Waals surface area contributed by atoms with Crippen LogP contribution in [0.2, 0.25) is 0 Å². The van der Waals surface area contributed by atoms with E-state index in [0.717, 1.165) is 38.5 Å². The molecule has 0 aliphatic heterocycles. The van der Waals surface area contributed by atoms with E-state index in [1.165, 1.54) is 6.07 Å². The fraction of sp³-hybridized carbons (Fsp3) is 0.462. The first-order valence-corrected chi connectivity index (χ1v) is 11.7. The van der Waals surface area contributed by atoms with Crippen molar-refractivity contribution in [1.29, 1.82) is 0 Å². The van der Waals surface area contributed by atoms with Crippen molar-refractivity contribution in [2.24, 2.45) is 11.8 Å². The van der Waals surface area contributed by atoms with Crippen molar-refractivity contribution < 1.29 is 28.9 Å². The highest BCUT2D eigenvalue weighted by molar-refractivity contribution is 5.95. The van der Waals surface area contributed by atoms with Crippen LogP contribution in [0.5, 0.6) is 5.75 Å². The zero-order valence-electron chi connectivity index (χ0n) is 18.6. The summed E-state index contributed by atoms with van der Waals surface area (Å²) >= 11 is 0. The number of amides is 1. The summed E-state index contributed by atoms with van der Waals surface area (Å²) in [5.74, 6) is -3.62. The smallest absolute Gasteiger partial charge is 0.307 e. The molecule has 0 bridgehead atoms. The highest BCUT2D eigenvalue weighted by Gasteiger charge is 2.35. The topological polar surface area (TPSA) is 95.9 Å².